The van der Waals surface area contributed by atoms with E-state index in [0.717, 1.165) is 37.8 Å². The lowest BCUT2D eigenvalue weighted by atomic mass is 9.95. The van der Waals surface area contributed by atoms with Crippen LogP contribution in [0.15, 0.2) is 12.2 Å². The third kappa shape index (κ3) is 5.98. The summed E-state index contributed by atoms with van der Waals surface area (Å²) in [5.41, 5.74) is 1.02. The highest BCUT2D eigenvalue weighted by atomic mass is 32.2. The summed E-state index contributed by atoms with van der Waals surface area (Å²) in [5, 5.41) is 3.21. The summed E-state index contributed by atoms with van der Waals surface area (Å²) in [4.78, 5) is 0. The molecule has 2 atom stereocenters. The van der Waals surface area contributed by atoms with Crippen LogP contribution in [0.5, 0.6) is 0 Å². The Morgan fingerprint density at radius 2 is 2.17 bits per heavy atom. The Labute approximate surface area is 111 Å². The molecule has 0 radical (unpaired) electrons. The van der Waals surface area contributed by atoms with E-state index in [9.17, 15) is 8.42 Å². The molecule has 4 nitrogen and oxygen atoms in total. The lowest BCUT2D eigenvalue weighted by Crippen LogP contribution is -2.40. The van der Waals surface area contributed by atoms with E-state index in [-0.39, 0.29) is 5.25 Å². The molecule has 5 heteroatoms. The topological polar surface area (TPSA) is 55.4 Å². The first kappa shape index (κ1) is 15.7. The van der Waals surface area contributed by atoms with E-state index in [0.29, 0.717) is 19.3 Å². The maximum Gasteiger partial charge on any atom is 0.150 e. The van der Waals surface area contributed by atoms with Crippen molar-refractivity contribution in [3.05, 3.63) is 12.2 Å². The highest BCUT2D eigenvalue weighted by molar-refractivity contribution is 7.91. The van der Waals surface area contributed by atoms with Gasteiger partial charge in [0.1, 0.15) is 9.84 Å². The second-order valence-electron chi connectivity index (χ2n) is 5.28. The van der Waals surface area contributed by atoms with E-state index in [1.54, 1.807) is 0 Å². The van der Waals surface area contributed by atoms with E-state index in [1.807, 2.05) is 6.92 Å². The van der Waals surface area contributed by atoms with Crippen LogP contribution in [0.1, 0.15) is 32.6 Å². The molecular weight excluding hydrogens is 250 g/mol. The Morgan fingerprint density at radius 3 is 2.78 bits per heavy atom. The van der Waals surface area contributed by atoms with Crippen LogP contribution < -0.4 is 5.32 Å². The van der Waals surface area contributed by atoms with Gasteiger partial charge in [0, 0.05) is 18.8 Å². The van der Waals surface area contributed by atoms with Crippen LogP contribution in [0.4, 0.5) is 0 Å². The Hall–Kier alpha value is -0.390. The minimum absolute atomic E-state index is 0.167. The predicted octanol–water partition coefficient (Wildman–Crippen LogP) is 1.52. The van der Waals surface area contributed by atoms with Crippen LogP contribution in [0.25, 0.3) is 0 Å². The third-order valence-electron chi connectivity index (χ3n) is 3.26. The highest BCUT2D eigenvalue weighted by Crippen LogP contribution is 2.23. The average Bonchev–Trinajstić information content (AvgIpc) is 2.27. The maximum atomic E-state index is 11.5. The van der Waals surface area contributed by atoms with Crippen molar-refractivity contribution < 1.29 is 13.2 Å². The van der Waals surface area contributed by atoms with E-state index in [1.165, 1.54) is 6.26 Å². The molecule has 0 aromatic carbocycles. The SMILES string of the molecule is C=C(C)COCCNC1CCCC(S(C)(=O)=O)C1. The smallest absolute Gasteiger partial charge is 0.150 e. The summed E-state index contributed by atoms with van der Waals surface area (Å²) in [5.74, 6) is 0. The molecule has 18 heavy (non-hydrogen) atoms. The molecule has 0 spiro atoms. The minimum atomic E-state index is -2.89. The van der Waals surface area contributed by atoms with Crippen LogP contribution in [0.3, 0.4) is 0 Å². The summed E-state index contributed by atoms with van der Waals surface area (Å²) in [6, 6.07) is 0.312. The zero-order valence-corrected chi connectivity index (χ0v) is 12.3. The van der Waals surface area contributed by atoms with Crippen molar-refractivity contribution in [1.29, 1.82) is 0 Å². The molecule has 0 aromatic rings. The number of sulfone groups is 1. The second-order valence-corrected chi connectivity index (χ2v) is 7.60. The number of hydrogen-bond donors (Lipinski definition) is 1. The molecular formula is C13H25NO3S. The van der Waals surface area contributed by atoms with Crippen LogP contribution in [-0.4, -0.2) is 45.7 Å². The molecule has 1 saturated carbocycles. The first-order valence-electron chi connectivity index (χ1n) is 6.54. The van der Waals surface area contributed by atoms with E-state index in [4.69, 9.17) is 4.74 Å². The Balaban J connectivity index is 2.21. The van der Waals surface area contributed by atoms with Gasteiger partial charge in [-0.15, -0.1) is 0 Å². The number of hydrogen-bond acceptors (Lipinski definition) is 4. The minimum Gasteiger partial charge on any atom is -0.376 e. The van der Waals surface area contributed by atoms with Gasteiger partial charge in [-0.3, -0.25) is 0 Å². The zero-order chi connectivity index (χ0) is 13.6. The lowest BCUT2D eigenvalue weighted by molar-refractivity contribution is 0.153. The Kier molecular flexibility index (Phi) is 6.32. The molecule has 0 saturated heterocycles. The molecule has 0 bridgehead atoms. The molecule has 1 rings (SSSR count). The van der Waals surface area contributed by atoms with Gasteiger partial charge in [-0.1, -0.05) is 18.6 Å². The van der Waals surface area contributed by atoms with Crippen molar-refractivity contribution in [2.45, 2.75) is 43.9 Å². The van der Waals surface area contributed by atoms with E-state index in [2.05, 4.69) is 11.9 Å². The molecule has 1 aliphatic rings. The van der Waals surface area contributed by atoms with Gasteiger partial charge in [0.15, 0.2) is 0 Å². The standard InChI is InChI=1S/C13H25NO3S/c1-11(2)10-17-8-7-14-12-5-4-6-13(9-12)18(3,15)16/h12-14H,1,4-10H2,2-3H3. The quantitative estimate of drug-likeness (QED) is 0.565. The Bertz CT molecular complexity index is 364. The van der Waals surface area contributed by atoms with Gasteiger partial charge in [-0.25, -0.2) is 8.42 Å². The lowest BCUT2D eigenvalue weighted by Gasteiger charge is -2.28. The monoisotopic (exact) mass is 275 g/mol. The molecule has 2 unspecified atom stereocenters. The Morgan fingerprint density at radius 1 is 1.44 bits per heavy atom. The molecule has 0 heterocycles. The highest BCUT2D eigenvalue weighted by Gasteiger charge is 2.28. The fourth-order valence-corrected chi connectivity index (χ4v) is 3.48. The summed E-state index contributed by atoms with van der Waals surface area (Å²) < 4.78 is 28.4. The van der Waals surface area contributed by atoms with Crippen molar-refractivity contribution in [2.75, 3.05) is 26.0 Å². The number of ether oxygens (including phenoxy) is 1. The van der Waals surface area contributed by atoms with Gasteiger partial charge in [-0.05, 0) is 26.2 Å². The zero-order valence-electron chi connectivity index (χ0n) is 11.4. The van der Waals surface area contributed by atoms with Gasteiger partial charge < -0.3 is 10.1 Å². The fraction of sp³-hybridized carbons (Fsp3) is 0.846. The normalized spacial score (nSPS) is 25.0. The van der Waals surface area contributed by atoms with Crippen molar-refractivity contribution in [2.24, 2.45) is 0 Å². The number of rotatable bonds is 7. The fourth-order valence-electron chi connectivity index (χ4n) is 2.30. The van der Waals surface area contributed by atoms with Crippen LogP contribution in [0, 0.1) is 0 Å². The number of nitrogens with one attached hydrogen (secondary N) is 1. The first-order chi connectivity index (χ1) is 8.39. The van der Waals surface area contributed by atoms with Crippen molar-refractivity contribution in [3.8, 4) is 0 Å². The van der Waals surface area contributed by atoms with Crippen LogP contribution in [0.2, 0.25) is 0 Å². The van der Waals surface area contributed by atoms with E-state index >= 15 is 0 Å². The van der Waals surface area contributed by atoms with Crippen molar-refractivity contribution >= 4 is 9.84 Å². The molecule has 1 fully saturated rings. The van der Waals surface area contributed by atoms with E-state index < -0.39 is 9.84 Å². The van der Waals surface area contributed by atoms with Crippen molar-refractivity contribution in [3.63, 3.8) is 0 Å². The first-order valence-corrected chi connectivity index (χ1v) is 8.49. The molecule has 1 aliphatic carbocycles. The molecule has 0 amide bonds. The van der Waals surface area contributed by atoms with Gasteiger partial charge in [0.2, 0.25) is 0 Å². The average molecular weight is 275 g/mol. The van der Waals surface area contributed by atoms with Crippen molar-refractivity contribution in [1.82, 2.24) is 5.32 Å². The van der Waals surface area contributed by atoms with Gasteiger partial charge in [0.05, 0.1) is 18.5 Å². The molecule has 0 aliphatic heterocycles. The maximum absolute atomic E-state index is 11.5. The van der Waals surface area contributed by atoms with Crippen LogP contribution in [-0.2, 0) is 14.6 Å². The molecule has 1 N–H and O–H groups in total. The second kappa shape index (κ2) is 7.26. The summed E-state index contributed by atoms with van der Waals surface area (Å²) in [7, 11) is -2.89. The van der Waals surface area contributed by atoms with Crippen LogP contribution >= 0.6 is 0 Å². The molecule has 106 valence electrons. The van der Waals surface area contributed by atoms with Gasteiger partial charge in [-0.2, -0.15) is 0 Å². The van der Waals surface area contributed by atoms with Gasteiger partial charge >= 0.3 is 0 Å². The molecule has 0 aromatic heterocycles. The summed E-state index contributed by atoms with van der Waals surface area (Å²) in [6.45, 7) is 7.72. The predicted molar refractivity (Wildman–Crippen MR) is 74.5 cm³/mol. The summed E-state index contributed by atoms with van der Waals surface area (Å²) in [6.07, 6.45) is 4.94. The largest absolute Gasteiger partial charge is 0.376 e. The summed E-state index contributed by atoms with van der Waals surface area (Å²) >= 11 is 0. The third-order valence-corrected chi connectivity index (χ3v) is 4.90. The van der Waals surface area contributed by atoms with Gasteiger partial charge in [0.25, 0.3) is 0 Å².